The molecule has 1 aromatic rings. The predicted octanol–water partition coefficient (Wildman–Crippen LogP) is 3.42. The fraction of sp³-hybridized carbons (Fsp3) is 0.524. The maximum atomic E-state index is 14.4. The lowest BCUT2D eigenvalue weighted by molar-refractivity contribution is -0.136. The maximum Gasteiger partial charge on any atom is 0.320 e. The van der Waals surface area contributed by atoms with E-state index in [1.165, 1.54) is 47.0 Å². The number of urea groups is 1. The molecule has 2 rings (SSSR count). The molecule has 0 saturated carbocycles. The van der Waals surface area contributed by atoms with Gasteiger partial charge in [-0.05, 0) is 25.5 Å². The minimum absolute atomic E-state index is 0.194. The molecule has 0 spiro atoms. The number of hydrogen-bond donors (Lipinski definition) is 2. The minimum Gasteiger partial charge on any atom is -0.480 e. The number of amides is 2. The number of hydrogen-bond acceptors (Lipinski definition) is 4. The third-order valence-corrected chi connectivity index (χ3v) is 6.21. The van der Waals surface area contributed by atoms with E-state index in [0.717, 1.165) is 12.5 Å². The lowest BCUT2D eigenvalue weighted by Crippen LogP contribution is -2.35. The third kappa shape index (κ3) is 6.18. The van der Waals surface area contributed by atoms with Crippen molar-refractivity contribution < 1.29 is 28.6 Å². The van der Waals surface area contributed by atoms with E-state index in [1.807, 2.05) is 0 Å². The molecule has 2 amide bonds. The van der Waals surface area contributed by atoms with Crippen LogP contribution in [0.15, 0.2) is 42.5 Å². The number of aliphatic carboxylic acids is 1. The van der Waals surface area contributed by atoms with E-state index in [1.54, 1.807) is 24.9 Å². The summed E-state index contributed by atoms with van der Waals surface area (Å²) < 4.78 is 28.9. The lowest BCUT2D eigenvalue weighted by Gasteiger charge is -2.23. The summed E-state index contributed by atoms with van der Waals surface area (Å²) in [6.45, 7) is 2.42. The summed E-state index contributed by atoms with van der Waals surface area (Å²) in [6.07, 6.45) is 1.93. The lowest BCUT2D eigenvalue weighted by atomic mass is 10.0. The van der Waals surface area contributed by atoms with Gasteiger partial charge in [-0.3, -0.25) is 4.79 Å². The zero-order valence-electron chi connectivity index (χ0n) is 17.1. The number of benzene rings is 1. The van der Waals surface area contributed by atoms with Gasteiger partial charge in [0, 0.05) is 25.7 Å². The highest BCUT2D eigenvalue weighted by molar-refractivity contribution is 8.00. The molecule has 2 N–H and O–H groups in total. The van der Waals surface area contributed by atoms with Gasteiger partial charge in [0.05, 0.1) is 11.3 Å². The Morgan fingerprint density at radius 1 is 1.33 bits per heavy atom. The summed E-state index contributed by atoms with van der Waals surface area (Å²) in [6, 6.07) is 6.53. The van der Waals surface area contributed by atoms with E-state index in [2.05, 4.69) is 0 Å². The molecule has 1 aliphatic heterocycles. The molecule has 1 aliphatic rings. The standard InChI is InChI=1S/C21H28F2N2O4S/c1-15(19(27)28)30-13-7-6-12-25-17(14-24(2)20(25)29)10-11-18(26)21(22,23)16-8-4-3-5-9-16/h3-5,8-11,15,17-18,26H,6-7,12-14H2,1-2H3,(H,27,28)/b11-10+/t15?,17-,18?/m0/s1. The number of carbonyl (C=O) groups is 2. The number of carboxylic acids is 1. The average molecular weight is 443 g/mol. The van der Waals surface area contributed by atoms with Gasteiger partial charge in [0.25, 0.3) is 0 Å². The normalized spacial score (nSPS) is 19.5. The highest BCUT2D eigenvalue weighted by Gasteiger charge is 2.39. The molecule has 6 nitrogen and oxygen atoms in total. The van der Waals surface area contributed by atoms with Crippen molar-refractivity contribution in [3.63, 3.8) is 0 Å². The van der Waals surface area contributed by atoms with Gasteiger partial charge in [0.1, 0.15) is 6.10 Å². The zero-order valence-corrected chi connectivity index (χ0v) is 17.9. The van der Waals surface area contributed by atoms with Crippen molar-refractivity contribution in [2.45, 2.75) is 43.1 Å². The van der Waals surface area contributed by atoms with E-state index in [4.69, 9.17) is 5.11 Å². The van der Waals surface area contributed by atoms with E-state index < -0.39 is 29.3 Å². The number of nitrogens with zero attached hydrogens (tertiary/aromatic N) is 2. The van der Waals surface area contributed by atoms with Crippen LogP contribution in [0.3, 0.4) is 0 Å². The molecule has 2 unspecified atom stereocenters. The number of thioether (sulfide) groups is 1. The molecule has 0 radical (unpaired) electrons. The van der Waals surface area contributed by atoms with Gasteiger partial charge in [-0.15, -0.1) is 11.8 Å². The van der Waals surface area contributed by atoms with E-state index in [-0.39, 0.29) is 11.6 Å². The van der Waals surface area contributed by atoms with E-state index in [9.17, 15) is 23.5 Å². The van der Waals surface area contributed by atoms with Gasteiger partial charge in [0.2, 0.25) is 0 Å². The monoisotopic (exact) mass is 442 g/mol. The molecule has 1 saturated heterocycles. The van der Waals surface area contributed by atoms with Crippen LogP contribution in [-0.4, -0.2) is 75.3 Å². The van der Waals surface area contributed by atoms with Crippen molar-refractivity contribution in [3.8, 4) is 0 Å². The van der Waals surface area contributed by atoms with Gasteiger partial charge in [-0.1, -0.05) is 42.5 Å². The van der Waals surface area contributed by atoms with Crippen LogP contribution >= 0.6 is 11.8 Å². The Labute approximate surface area is 179 Å². The summed E-state index contributed by atoms with van der Waals surface area (Å²) in [5.74, 6) is -3.63. The highest BCUT2D eigenvalue weighted by Crippen LogP contribution is 2.32. The number of aliphatic hydroxyl groups is 1. The van der Waals surface area contributed by atoms with E-state index >= 15 is 0 Å². The van der Waals surface area contributed by atoms with Gasteiger partial charge in [-0.2, -0.15) is 8.78 Å². The van der Waals surface area contributed by atoms with Crippen LogP contribution in [-0.2, 0) is 10.7 Å². The van der Waals surface area contributed by atoms with Crippen LogP contribution in [0.2, 0.25) is 0 Å². The first-order valence-corrected chi connectivity index (χ1v) is 10.8. The van der Waals surface area contributed by atoms with Gasteiger partial charge < -0.3 is 20.0 Å². The Morgan fingerprint density at radius 3 is 2.63 bits per heavy atom. The number of carbonyl (C=O) groups excluding carboxylic acids is 1. The second-order valence-electron chi connectivity index (χ2n) is 7.30. The van der Waals surface area contributed by atoms with Crippen LogP contribution in [0.4, 0.5) is 13.6 Å². The molecule has 1 heterocycles. The number of rotatable bonds is 11. The SMILES string of the molecule is CC(SCCCCN1C(=O)N(C)C[C@@H]1/C=C/C(O)C(F)(F)c1ccccc1)C(=O)O. The first-order valence-electron chi connectivity index (χ1n) is 9.80. The van der Waals surface area contributed by atoms with Crippen molar-refractivity contribution in [2.24, 2.45) is 0 Å². The zero-order chi connectivity index (χ0) is 22.3. The van der Waals surface area contributed by atoms with Crippen LogP contribution in [0.1, 0.15) is 25.3 Å². The Bertz CT molecular complexity index is 748. The number of alkyl halides is 2. The fourth-order valence-corrected chi connectivity index (χ4v) is 4.01. The van der Waals surface area contributed by atoms with Gasteiger partial charge in [-0.25, -0.2) is 4.79 Å². The quantitative estimate of drug-likeness (QED) is 0.405. The second kappa shape index (κ2) is 10.8. The topological polar surface area (TPSA) is 81.1 Å². The van der Waals surface area contributed by atoms with Crippen LogP contribution in [0.25, 0.3) is 0 Å². The highest BCUT2D eigenvalue weighted by atomic mass is 32.2. The summed E-state index contributed by atoms with van der Waals surface area (Å²) in [7, 11) is 1.64. The molecule has 0 aliphatic carbocycles. The summed E-state index contributed by atoms with van der Waals surface area (Å²) >= 11 is 1.34. The number of likely N-dealkylation sites (N-methyl/N-ethyl adjacent to an activating group) is 1. The van der Waals surface area contributed by atoms with E-state index in [0.29, 0.717) is 25.3 Å². The van der Waals surface area contributed by atoms with Gasteiger partial charge >= 0.3 is 17.9 Å². The Kier molecular flexibility index (Phi) is 8.66. The summed E-state index contributed by atoms with van der Waals surface area (Å²) in [5.41, 5.74) is -0.272. The molecule has 0 aromatic heterocycles. The number of unbranched alkanes of at least 4 members (excludes halogenated alkanes) is 1. The maximum absolute atomic E-state index is 14.4. The smallest absolute Gasteiger partial charge is 0.320 e. The van der Waals surface area contributed by atoms with Crippen molar-refractivity contribution in [3.05, 3.63) is 48.0 Å². The Hall–Kier alpha value is -2.13. The Morgan fingerprint density at radius 2 is 2.00 bits per heavy atom. The molecule has 3 atom stereocenters. The van der Waals surface area contributed by atoms with Gasteiger partial charge in [0.15, 0.2) is 0 Å². The largest absolute Gasteiger partial charge is 0.480 e. The molecule has 30 heavy (non-hydrogen) atoms. The first-order chi connectivity index (χ1) is 14.1. The molecule has 9 heteroatoms. The number of halogens is 2. The van der Waals surface area contributed by atoms with Crippen molar-refractivity contribution in [1.29, 1.82) is 0 Å². The molecule has 166 valence electrons. The number of carboxylic acid groups (broad SMARTS) is 1. The predicted molar refractivity (Wildman–Crippen MR) is 113 cm³/mol. The van der Waals surface area contributed by atoms with Crippen LogP contribution < -0.4 is 0 Å². The van der Waals surface area contributed by atoms with Crippen molar-refractivity contribution >= 4 is 23.8 Å². The average Bonchev–Trinajstić information content (AvgIpc) is 2.99. The van der Waals surface area contributed by atoms with Crippen molar-refractivity contribution in [1.82, 2.24) is 9.80 Å². The fourth-order valence-electron chi connectivity index (χ4n) is 3.15. The third-order valence-electron chi connectivity index (χ3n) is 4.99. The Balaban J connectivity index is 1.92. The molecule has 1 fully saturated rings. The minimum atomic E-state index is -3.44. The second-order valence-corrected chi connectivity index (χ2v) is 8.75. The summed E-state index contributed by atoms with van der Waals surface area (Å²) in [4.78, 5) is 26.3. The molecular formula is C21H28F2N2O4S. The van der Waals surface area contributed by atoms with Crippen LogP contribution in [0, 0.1) is 0 Å². The number of aliphatic hydroxyl groups excluding tert-OH is 1. The molecular weight excluding hydrogens is 414 g/mol. The summed E-state index contributed by atoms with van der Waals surface area (Å²) in [5, 5.41) is 18.5. The molecule has 1 aromatic carbocycles. The molecule has 0 bridgehead atoms. The van der Waals surface area contributed by atoms with Crippen molar-refractivity contribution in [2.75, 3.05) is 25.9 Å². The van der Waals surface area contributed by atoms with Crippen LogP contribution in [0.5, 0.6) is 0 Å². The first kappa shape index (κ1) is 24.1.